The van der Waals surface area contributed by atoms with E-state index in [4.69, 9.17) is 0 Å². The van der Waals surface area contributed by atoms with Crippen LogP contribution in [0.3, 0.4) is 0 Å². The number of carbonyl (C=O) groups excluding carboxylic acids is 1. The Morgan fingerprint density at radius 1 is 1.23 bits per heavy atom. The minimum Gasteiger partial charge on any atom is -0.345 e. The number of benzene rings is 1. The normalized spacial score (nSPS) is 13.7. The standard InChI is InChI=1S/C18H25N3O/c1-12(16-9-7-6-8-10-16)11-21(5)18(22)13(2)17-14(3)19-20-15(17)4/h6-10,12-13H,11H2,1-5H3,(H,19,20)/t12-,13+/m0/s1. The fraction of sp³-hybridized carbons (Fsp3) is 0.444. The molecule has 1 N–H and O–H groups in total. The van der Waals surface area contributed by atoms with Crippen molar-refractivity contribution >= 4 is 5.91 Å². The van der Waals surface area contributed by atoms with Crippen molar-refractivity contribution in [3.63, 3.8) is 0 Å². The molecule has 4 nitrogen and oxygen atoms in total. The van der Waals surface area contributed by atoms with Crippen molar-refractivity contribution in [2.75, 3.05) is 13.6 Å². The molecule has 1 aromatic heterocycles. The number of rotatable bonds is 5. The largest absolute Gasteiger partial charge is 0.345 e. The van der Waals surface area contributed by atoms with Crippen LogP contribution < -0.4 is 0 Å². The molecule has 0 saturated heterocycles. The number of aryl methyl sites for hydroxylation is 2. The van der Waals surface area contributed by atoms with Crippen molar-refractivity contribution in [3.05, 3.63) is 52.8 Å². The first-order valence-electron chi connectivity index (χ1n) is 7.73. The fourth-order valence-electron chi connectivity index (χ4n) is 3.04. The molecule has 0 bridgehead atoms. The predicted octanol–water partition coefficient (Wildman–Crippen LogP) is 3.39. The number of hydrogen-bond acceptors (Lipinski definition) is 2. The summed E-state index contributed by atoms with van der Waals surface area (Å²) in [4.78, 5) is 14.5. The molecule has 1 amide bonds. The van der Waals surface area contributed by atoms with E-state index in [0.29, 0.717) is 12.5 Å². The van der Waals surface area contributed by atoms with Crippen molar-refractivity contribution in [2.24, 2.45) is 0 Å². The predicted molar refractivity (Wildman–Crippen MR) is 89.0 cm³/mol. The molecule has 0 spiro atoms. The number of hydrogen-bond donors (Lipinski definition) is 1. The number of aromatic nitrogens is 2. The van der Waals surface area contributed by atoms with Crippen LogP contribution in [0.25, 0.3) is 0 Å². The van der Waals surface area contributed by atoms with Gasteiger partial charge in [0.15, 0.2) is 0 Å². The smallest absolute Gasteiger partial charge is 0.229 e. The van der Waals surface area contributed by atoms with Gasteiger partial charge in [-0.15, -0.1) is 0 Å². The highest BCUT2D eigenvalue weighted by molar-refractivity contribution is 5.83. The van der Waals surface area contributed by atoms with Crippen molar-refractivity contribution in [3.8, 4) is 0 Å². The van der Waals surface area contributed by atoms with E-state index in [1.807, 2.05) is 50.9 Å². The van der Waals surface area contributed by atoms with Gasteiger partial charge < -0.3 is 4.90 Å². The molecular weight excluding hydrogens is 274 g/mol. The zero-order valence-electron chi connectivity index (χ0n) is 14.1. The van der Waals surface area contributed by atoms with Gasteiger partial charge in [0, 0.05) is 24.8 Å². The van der Waals surface area contributed by atoms with Crippen molar-refractivity contribution in [2.45, 2.75) is 39.5 Å². The summed E-state index contributed by atoms with van der Waals surface area (Å²) in [5.74, 6) is 0.274. The summed E-state index contributed by atoms with van der Waals surface area (Å²) in [5, 5.41) is 7.15. The first-order chi connectivity index (χ1) is 10.4. The number of likely N-dealkylation sites (N-methyl/N-ethyl adjacent to an activating group) is 1. The second-order valence-corrected chi connectivity index (χ2v) is 6.10. The van der Waals surface area contributed by atoms with Crippen LogP contribution in [-0.2, 0) is 4.79 Å². The zero-order chi connectivity index (χ0) is 16.3. The third kappa shape index (κ3) is 3.38. The highest BCUT2D eigenvalue weighted by atomic mass is 16.2. The van der Waals surface area contributed by atoms with Crippen LogP contribution in [0, 0.1) is 13.8 Å². The molecule has 0 saturated carbocycles. The number of amides is 1. The topological polar surface area (TPSA) is 49.0 Å². The summed E-state index contributed by atoms with van der Waals surface area (Å²) < 4.78 is 0. The Hall–Kier alpha value is -2.10. The summed E-state index contributed by atoms with van der Waals surface area (Å²) in [6, 6.07) is 10.3. The third-order valence-corrected chi connectivity index (χ3v) is 4.28. The first kappa shape index (κ1) is 16.3. The van der Waals surface area contributed by atoms with E-state index in [1.54, 1.807) is 0 Å². The Kier molecular flexibility index (Phi) is 5.01. The summed E-state index contributed by atoms with van der Waals surface area (Å²) >= 11 is 0. The lowest BCUT2D eigenvalue weighted by molar-refractivity contribution is -0.131. The van der Waals surface area contributed by atoms with Crippen molar-refractivity contribution in [1.82, 2.24) is 15.1 Å². The molecule has 2 atom stereocenters. The molecule has 0 unspecified atom stereocenters. The quantitative estimate of drug-likeness (QED) is 0.920. The van der Waals surface area contributed by atoms with Crippen LogP contribution in [0.2, 0.25) is 0 Å². The van der Waals surface area contributed by atoms with Crippen LogP contribution in [0.5, 0.6) is 0 Å². The molecular formula is C18H25N3O. The second-order valence-electron chi connectivity index (χ2n) is 6.10. The van der Waals surface area contributed by atoms with Gasteiger partial charge in [0.05, 0.1) is 11.6 Å². The molecule has 0 aliphatic heterocycles. The Morgan fingerprint density at radius 2 is 1.86 bits per heavy atom. The maximum atomic E-state index is 12.7. The highest BCUT2D eigenvalue weighted by Gasteiger charge is 2.25. The van der Waals surface area contributed by atoms with E-state index >= 15 is 0 Å². The number of aromatic amines is 1. The van der Waals surface area contributed by atoms with Crippen LogP contribution in [0.4, 0.5) is 0 Å². The minimum atomic E-state index is -0.174. The van der Waals surface area contributed by atoms with Gasteiger partial charge in [0.1, 0.15) is 0 Å². The lowest BCUT2D eigenvalue weighted by atomic mass is 9.96. The Labute approximate surface area is 132 Å². The molecule has 2 aromatic rings. The maximum Gasteiger partial charge on any atom is 0.229 e. The molecule has 0 fully saturated rings. The monoisotopic (exact) mass is 299 g/mol. The van der Waals surface area contributed by atoms with Crippen molar-refractivity contribution in [1.29, 1.82) is 0 Å². The molecule has 4 heteroatoms. The molecule has 1 aromatic carbocycles. The molecule has 2 rings (SSSR count). The molecule has 0 radical (unpaired) electrons. The van der Waals surface area contributed by atoms with Crippen LogP contribution >= 0.6 is 0 Å². The zero-order valence-corrected chi connectivity index (χ0v) is 14.1. The summed E-state index contributed by atoms with van der Waals surface area (Å²) in [5.41, 5.74) is 4.15. The molecule has 0 aliphatic rings. The lowest BCUT2D eigenvalue weighted by Crippen LogP contribution is -2.33. The number of H-pyrrole nitrogens is 1. The number of nitrogens with one attached hydrogen (secondary N) is 1. The minimum absolute atomic E-state index is 0.135. The van der Waals surface area contributed by atoms with Gasteiger partial charge in [-0.1, -0.05) is 37.3 Å². The van der Waals surface area contributed by atoms with E-state index in [2.05, 4.69) is 29.3 Å². The Morgan fingerprint density at radius 3 is 2.41 bits per heavy atom. The maximum absolute atomic E-state index is 12.7. The summed E-state index contributed by atoms with van der Waals surface area (Å²) in [6.07, 6.45) is 0. The molecule has 0 aliphatic carbocycles. The van der Waals surface area contributed by atoms with Gasteiger partial charge in [-0.3, -0.25) is 9.89 Å². The fourth-order valence-corrected chi connectivity index (χ4v) is 3.04. The average molecular weight is 299 g/mol. The van der Waals surface area contributed by atoms with Crippen LogP contribution in [0.15, 0.2) is 30.3 Å². The SMILES string of the molecule is Cc1n[nH]c(C)c1[C@@H](C)C(=O)N(C)C[C@H](C)c1ccccc1. The number of nitrogens with zero attached hydrogens (tertiary/aromatic N) is 2. The van der Waals surface area contributed by atoms with Gasteiger partial charge in [0.2, 0.25) is 5.91 Å². The molecule has 118 valence electrons. The van der Waals surface area contributed by atoms with E-state index in [-0.39, 0.29) is 11.8 Å². The van der Waals surface area contributed by atoms with E-state index in [9.17, 15) is 4.79 Å². The van der Waals surface area contributed by atoms with Gasteiger partial charge in [-0.2, -0.15) is 5.10 Å². The molecule has 1 heterocycles. The van der Waals surface area contributed by atoms with Gasteiger partial charge in [0.25, 0.3) is 0 Å². The van der Waals surface area contributed by atoms with Crippen molar-refractivity contribution < 1.29 is 4.79 Å². The van der Waals surface area contributed by atoms with Crippen LogP contribution in [0.1, 0.15) is 48.2 Å². The van der Waals surface area contributed by atoms with E-state index in [0.717, 1.165) is 17.0 Å². The second kappa shape index (κ2) is 6.77. The summed E-state index contributed by atoms with van der Waals surface area (Å²) in [6.45, 7) is 8.72. The van der Waals surface area contributed by atoms with E-state index < -0.39 is 0 Å². The third-order valence-electron chi connectivity index (χ3n) is 4.28. The summed E-state index contributed by atoms with van der Waals surface area (Å²) in [7, 11) is 1.88. The average Bonchev–Trinajstić information content (AvgIpc) is 2.85. The highest BCUT2D eigenvalue weighted by Crippen LogP contribution is 2.24. The molecule has 22 heavy (non-hydrogen) atoms. The van der Waals surface area contributed by atoms with Gasteiger partial charge in [-0.25, -0.2) is 0 Å². The van der Waals surface area contributed by atoms with Gasteiger partial charge >= 0.3 is 0 Å². The first-order valence-corrected chi connectivity index (χ1v) is 7.73. The Bertz CT molecular complexity index is 614. The van der Waals surface area contributed by atoms with Crippen LogP contribution in [-0.4, -0.2) is 34.6 Å². The van der Waals surface area contributed by atoms with E-state index in [1.165, 1.54) is 5.56 Å². The Balaban J connectivity index is 2.06. The van der Waals surface area contributed by atoms with Gasteiger partial charge in [-0.05, 0) is 32.3 Å². The number of carbonyl (C=O) groups is 1. The lowest BCUT2D eigenvalue weighted by Gasteiger charge is -2.25.